The van der Waals surface area contributed by atoms with E-state index in [4.69, 9.17) is 5.73 Å². The summed E-state index contributed by atoms with van der Waals surface area (Å²) in [6, 6.07) is 2.09. The van der Waals surface area contributed by atoms with Crippen molar-refractivity contribution in [1.29, 1.82) is 0 Å². The van der Waals surface area contributed by atoms with E-state index in [1.807, 2.05) is 0 Å². The fourth-order valence-electron chi connectivity index (χ4n) is 0.736. The number of aromatic amines is 1. The number of nitrogens with one attached hydrogen (secondary N) is 1. The number of primary amides is 1. The maximum Gasteiger partial charge on any atom is 0.491 e. The second-order valence-corrected chi connectivity index (χ2v) is 2.49. The van der Waals surface area contributed by atoms with E-state index >= 15 is 0 Å². The number of rotatable bonds is 2. The third-order valence-corrected chi connectivity index (χ3v) is 1.36. The van der Waals surface area contributed by atoms with Crippen molar-refractivity contribution in [2.24, 2.45) is 5.73 Å². The normalized spacial score (nSPS) is 11.1. The predicted octanol–water partition coefficient (Wildman–Crippen LogP) is 0.581. The quantitative estimate of drug-likeness (QED) is 0.717. The van der Waals surface area contributed by atoms with Crippen LogP contribution in [0.4, 0.5) is 13.2 Å². The van der Waals surface area contributed by atoms with Gasteiger partial charge in [-0.2, -0.15) is 13.2 Å². The van der Waals surface area contributed by atoms with Crippen molar-refractivity contribution < 1.29 is 27.5 Å². The minimum Gasteiger partial charge on any atom is -0.403 e. The van der Waals surface area contributed by atoms with Gasteiger partial charge >= 0.3 is 12.1 Å². The van der Waals surface area contributed by atoms with Gasteiger partial charge in [0.25, 0.3) is 5.91 Å². The number of esters is 1. The Labute approximate surface area is 81.0 Å². The molecule has 1 rings (SSSR count). The number of amides is 1. The lowest BCUT2D eigenvalue weighted by molar-refractivity contribution is -0.189. The maximum absolute atomic E-state index is 11.7. The highest BCUT2D eigenvalue weighted by Crippen LogP contribution is 2.19. The lowest BCUT2D eigenvalue weighted by Gasteiger charge is -2.04. The molecule has 82 valence electrons. The fraction of sp³-hybridized carbons (Fsp3) is 0.143. The molecule has 1 amide bonds. The molecule has 0 aromatic carbocycles. The molecule has 0 saturated heterocycles. The average molecular weight is 222 g/mol. The Hall–Kier alpha value is -1.99. The van der Waals surface area contributed by atoms with Gasteiger partial charge in [-0.3, -0.25) is 4.79 Å². The molecule has 0 aliphatic rings. The highest BCUT2D eigenvalue weighted by molar-refractivity contribution is 5.91. The number of alkyl halides is 3. The number of ether oxygens (including phenoxy) is 1. The van der Waals surface area contributed by atoms with Crippen LogP contribution in [0.1, 0.15) is 10.5 Å². The lowest BCUT2D eigenvalue weighted by Crippen LogP contribution is -2.28. The first-order valence-corrected chi connectivity index (χ1v) is 3.58. The molecular formula is C7H5F3N2O3. The van der Waals surface area contributed by atoms with E-state index in [2.05, 4.69) is 9.72 Å². The van der Waals surface area contributed by atoms with Crippen LogP contribution in [-0.2, 0) is 4.79 Å². The topological polar surface area (TPSA) is 85.2 Å². The molecule has 3 N–H and O–H groups in total. The number of hydrogen-bond donors (Lipinski definition) is 2. The largest absolute Gasteiger partial charge is 0.491 e. The van der Waals surface area contributed by atoms with Crippen LogP contribution in [0.15, 0.2) is 12.1 Å². The Balaban J connectivity index is 2.74. The number of nitrogens with two attached hydrogens (primary N) is 1. The Morgan fingerprint density at radius 1 is 1.33 bits per heavy atom. The third kappa shape index (κ3) is 2.73. The zero-order chi connectivity index (χ0) is 11.6. The number of carbonyl (C=O) groups is 2. The third-order valence-electron chi connectivity index (χ3n) is 1.36. The van der Waals surface area contributed by atoms with Crippen molar-refractivity contribution in [3.63, 3.8) is 0 Å². The van der Waals surface area contributed by atoms with Crippen LogP contribution in [0.5, 0.6) is 5.88 Å². The smallest absolute Gasteiger partial charge is 0.403 e. The van der Waals surface area contributed by atoms with Gasteiger partial charge in [-0.15, -0.1) is 0 Å². The molecule has 0 saturated carbocycles. The second-order valence-electron chi connectivity index (χ2n) is 2.49. The van der Waals surface area contributed by atoms with Crippen LogP contribution in [0, 0.1) is 0 Å². The van der Waals surface area contributed by atoms with Crippen LogP contribution in [0.25, 0.3) is 0 Å². The molecule has 0 bridgehead atoms. The highest BCUT2D eigenvalue weighted by atomic mass is 19.4. The number of carbonyl (C=O) groups excluding carboxylic acids is 2. The van der Waals surface area contributed by atoms with Crippen LogP contribution in [0.2, 0.25) is 0 Å². The molecule has 0 aliphatic carbocycles. The van der Waals surface area contributed by atoms with Gasteiger partial charge in [0.15, 0.2) is 0 Å². The van der Waals surface area contributed by atoms with E-state index in [0.717, 1.165) is 12.1 Å². The molecular weight excluding hydrogens is 217 g/mol. The van der Waals surface area contributed by atoms with Gasteiger partial charge in [-0.1, -0.05) is 0 Å². The summed E-state index contributed by atoms with van der Waals surface area (Å²) >= 11 is 0. The number of halogens is 3. The van der Waals surface area contributed by atoms with Crippen molar-refractivity contribution in [3.05, 3.63) is 17.8 Å². The molecule has 15 heavy (non-hydrogen) atoms. The SMILES string of the molecule is NC(=O)c1ccc(OC(=O)C(F)(F)F)[nH]1. The molecule has 1 aromatic heterocycles. The minimum atomic E-state index is -5.09. The average Bonchev–Trinajstić information content (AvgIpc) is 2.50. The van der Waals surface area contributed by atoms with Gasteiger partial charge in [-0.25, -0.2) is 4.79 Å². The lowest BCUT2D eigenvalue weighted by atomic mass is 10.4. The molecule has 0 unspecified atom stereocenters. The molecule has 0 aliphatic heterocycles. The Kier molecular flexibility index (Phi) is 2.69. The van der Waals surface area contributed by atoms with Gasteiger partial charge in [0.2, 0.25) is 5.88 Å². The van der Waals surface area contributed by atoms with E-state index < -0.39 is 23.9 Å². The molecule has 0 fully saturated rings. The van der Waals surface area contributed by atoms with E-state index in [1.165, 1.54) is 0 Å². The van der Waals surface area contributed by atoms with Crippen molar-refractivity contribution in [2.75, 3.05) is 0 Å². The Morgan fingerprint density at radius 2 is 1.93 bits per heavy atom. The summed E-state index contributed by atoms with van der Waals surface area (Å²) in [5.41, 5.74) is 4.66. The summed E-state index contributed by atoms with van der Waals surface area (Å²) in [7, 11) is 0. The Morgan fingerprint density at radius 3 is 2.33 bits per heavy atom. The molecule has 0 radical (unpaired) electrons. The number of hydrogen-bond acceptors (Lipinski definition) is 3. The van der Waals surface area contributed by atoms with E-state index in [9.17, 15) is 22.8 Å². The summed E-state index contributed by atoms with van der Waals surface area (Å²) in [5.74, 6) is -3.74. The molecule has 5 nitrogen and oxygen atoms in total. The van der Waals surface area contributed by atoms with Crippen molar-refractivity contribution in [2.45, 2.75) is 6.18 Å². The molecule has 1 heterocycles. The number of H-pyrrole nitrogens is 1. The van der Waals surface area contributed by atoms with E-state index in [-0.39, 0.29) is 5.69 Å². The van der Waals surface area contributed by atoms with Gasteiger partial charge in [-0.05, 0) is 6.07 Å². The summed E-state index contributed by atoms with van der Waals surface area (Å²) in [5, 5.41) is 0. The van der Waals surface area contributed by atoms with Crippen molar-refractivity contribution >= 4 is 11.9 Å². The summed E-state index contributed by atoms with van der Waals surface area (Å²) < 4.78 is 39.0. The predicted molar refractivity (Wildman–Crippen MR) is 41.0 cm³/mol. The summed E-state index contributed by atoms with van der Waals surface area (Å²) in [4.78, 5) is 23.0. The van der Waals surface area contributed by atoms with E-state index in [0.29, 0.717) is 0 Å². The van der Waals surface area contributed by atoms with E-state index in [1.54, 1.807) is 0 Å². The first-order valence-electron chi connectivity index (χ1n) is 3.58. The highest BCUT2D eigenvalue weighted by Gasteiger charge is 2.41. The number of aromatic nitrogens is 1. The summed E-state index contributed by atoms with van der Waals surface area (Å²) in [6.07, 6.45) is -5.09. The van der Waals surface area contributed by atoms with Crippen LogP contribution in [-0.4, -0.2) is 23.0 Å². The zero-order valence-electron chi connectivity index (χ0n) is 7.09. The first kappa shape index (κ1) is 11.1. The first-order chi connectivity index (χ1) is 6.80. The minimum absolute atomic E-state index is 0.153. The monoisotopic (exact) mass is 222 g/mol. The second kappa shape index (κ2) is 3.64. The van der Waals surface area contributed by atoms with Gasteiger partial charge in [0, 0.05) is 6.07 Å². The molecule has 0 spiro atoms. The molecule has 8 heteroatoms. The van der Waals surface area contributed by atoms with Crippen LogP contribution < -0.4 is 10.5 Å². The molecule has 1 aromatic rings. The standard InChI is InChI=1S/C7H5F3N2O3/c8-7(9,10)6(14)15-4-2-1-3(12-4)5(11)13/h1-2,12H,(H2,11,13). The van der Waals surface area contributed by atoms with Gasteiger partial charge in [0.05, 0.1) is 0 Å². The van der Waals surface area contributed by atoms with Crippen LogP contribution in [0.3, 0.4) is 0 Å². The van der Waals surface area contributed by atoms with Crippen molar-refractivity contribution in [3.8, 4) is 5.88 Å². The van der Waals surface area contributed by atoms with Gasteiger partial charge in [0.1, 0.15) is 5.69 Å². The summed E-state index contributed by atoms with van der Waals surface area (Å²) in [6.45, 7) is 0. The van der Waals surface area contributed by atoms with Crippen molar-refractivity contribution in [1.82, 2.24) is 4.98 Å². The van der Waals surface area contributed by atoms with Crippen LogP contribution >= 0.6 is 0 Å². The fourth-order valence-corrected chi connectivity index (χ4v) is 0.736. The maximum atomic E-state index is 11.7. The van der Waals surface area contributed by atoms with Gasteiger partial charge < -0.3 is 15.5 Å². The Bertz CT molecular complexity index is 396. The zero-order valence-corrected chi connectivity index (χ0v) is 7.09. The molecule has 0 atom stereocenters.